The summed E-state index contributed by atoms with van der Waals surface area (Å²) in [6.45, 7) is 9.91. The predicted molar refractivity (Wildman–Crippen MR) is 238 cm³/mol. The number of fused-ring (bicyclic) bond motifs is 3. The highest BCUT2D eigenvalue weighted by molar-refractivity contribution is 6.18. The number of aromatic nitrogens is 6. The van der Waals surface area contributed by atoms with E-state index in [1.807, 2.05) is 0 Å². The fourth-order valence-electron chi connectivity index (χ4n) is 6.81. The number of nitrogens with two attached hydrogens (primary N) is 1. The van der Waals surface area contributed by atoms with Gasteiger partial charge in [0, 0.05) is 52.9 Å². The Morgan fingerprint density at radius 1 is 0.612 bits per heavy atom. The number of nitrogens with zero attached hydrogens (tertiary/aromatic N) is 4. The van der Waals surface area contributed by atoms with Crippen LogP contribution in [-0.2, 0) is 0 Å². The topological polar surface area (TPSA) is 186 Å². The van der Waals surface area contributed by atoms with Gasteiger partial charge in [0.05, 0.1) is 60.3 Å². The summed E-state index contributed by atoms with van der Waals surface area (Å²) in [6, 6.07) is 11.3. The quantitative estimate of drug-likeness (QED) is 0.0498. The molecule has 13 nitrogen and oxygen atoms in total. The van der Waals surface area contributed by atoms with E-state index in [9.17, 15) is 40.7 Å². The van der Waals surface area contributed by atoms with E-state index in [1.165, 1.54) is 83.4 Å². The van der Waals surface area contributed by atoms with E-state index >= 15 is 0 Å². The molecule has 6 aromatic heterocycles. The number of hydrogen-bond acceptors (Lipinski definition) is 9. The van der Waals surface area contributed by atoms with Crippen LogP contribution in [-0.4, -0.2) is 61.5 Å². The molecule has 6 heterocycles. The number of rotatable bonds is 8. The predicted octanol–water partition coefficient (Wildman–Crippen LogP) is 10.6. The summed E-state index contributed by atoms with van der Waals surface area (Å²) >= 11 is 0. The Labute approximate surface area is 376 Å². The van der Waals surface area contributed by atoms with E-state index < -0.39 is 68.9 Å². The van der Waals surface area contributed by atoms with Crippen LogP contribution in [0.15, 0.2) is 91.8 Å². The van der Waals surface area contributed by atoms with Gasteiger partial charge in [-0.25, -0.2) is 41.2 Å². The van der Waals surface area contributed by atoms with Crippen molar-refractivity contribution in [3.8, 4) is 11.5 Å². The molecule has 0 bridgehead atoms. The SMILES string of the molecule is C.COc1ccnc2[nH]cc(C(=O)c3c(F)ccc(C)c3F)c12.COc1cnc2[nH]cc(C(=O)c3c(F)ccc(N)c3F)c2c1.[C-]#[N+]c1cnc2[nH]cc(C(=O)c3c(F)ccc(C)c3F)c2c1. The molecule has 0 fully saturated rings. The smallest absolute Gasteiger partial charge is 0.205 e. The van der Waals surface area contributed by atoms with Crippen molar-refractivity contribution in [2.75, 3.05) is 20.0 Å². The van der Waals surface area contributed by atoms with Crippen molar-refractivity contribution in [2.24, 2.45) is 0 Å². The molecule has 19 heteroatoms. The summed E-state index contributed by atoms with van der Waals surface area (Å²) in [4.78, 5) is 61.3. The molecule has 9 rings (SSSR count). The van der Waals surface area contributed by atoms with E-state index in [1.54, 1.807) is 12.1 Å². The van der Waals surface area contributed by atoms with Gasteiger partial charge in [-0.3, -0.25) is 19.4 Å². The van der Waals surface area contributed by atoms with Crippen molar-refractivity contribution in [3.05, 3.63) is 183 Å². The molecule has 0 aliphatic rings. The minimum Gasteiger partial charge on any atom is -0.496 e. The van der Waals surface area contributed by atoms with Crippen LogP contribution in [0.5, 0.6) is 11.5 Å². The van der Waals surface area contributed by atoms with Crippen LogP contribution in [0.1, 0.15) is 66.3 Å². The lowest BCUT2D eigenvalue weighted by Crippen LogP contribution is -2.09. The molecular formula is C48H36F6N8O5. The Morgan fingerprint density at radius 3 is 1.63 bits per heavy atom. The third-order valence-corrected chi connectivity index (χ3v) is 10.2. The van der Waals surface area contributed by atoms with Gasteiger partial charge in [0.2, 0.25) is 23.0 Å². The third kappa shape index (κ3) is 9.00. The fourth-order valence-corrected chi connectivity index (χ4v) is 6.81. The second-order valence-corrected chi connectivity index (χ2v) is 14.2. The number of carbonyl (C=O) groups excluding carboxylic acids is 3. The molecule has 340 valence electrons. The second kappa shape index (κ2) is 19.5. The maximum absolute atomic E-state index is 14.2. The first-order chi connectivity index (χ1) is 31.6. The largest absolute Gasteiger partial charge is 0.496 e. The normalized spacial score (nSPS) is 10.6. The second-order valence-electron chi connectivity index (χ2n) is 14.2. The number of anilines is 1. The zero-order valence-corrected chi connectivity index (χ0v) is 34.8. The molecule has 5 N–H and O–H groups in total. The number of hydrogen-bond donors (Lipinski definition) is 4. The Morgan fingerprint density at radius 2 is 1.09 bits per heavy atom. The van der Waals surface area contributed by atoms with Crippen molar-refractivity contribution in [1.29, 1.82) is 0 Å². The van der Waals surface area contributed by atoms with Crippen molar-refractivity contribution >= 4 is 61.8 Å². The number of aromatic amines is 3. The molecule has 0 saturated heterocycles. The fraction of sp³-hybridized carbons (Fsp3) is 0.104. The number of carbonyl (C=O) groups is 3. The highest BCUT2D eigenvalue weighted by Crippen LogP contribution is 2.32. The van der Waals surface area contributed by atoms with Gasteiger partial charge in [0.25, 0.3) is 0 Å². The van der Waals surface area contributed by atoms with Crippen LogP contribution in [0, 0.1) is 55.3 Å². The highest BCUT2D eigenvalue weighted by Gasteiger charge is 2.27. The maximum atomic E-state index is 14.2. The van der Waals surface area contributed by atoms with Gasteiger partial charge in [-0.2, -0.15) is 0 Å². The standard InChI is InChI=1S/C16H9F2N3O.C16H12F2N2O2.C15H11F2N3O2.CH4/c1-8-3-4-12(17)13(14(8)18)15(22)11-7-21-16-10(11)5-9(19-2)6-20-16;1-8-3-4-10(17)13(14(8)18)15(21)9-7-20-16-12(9)11(22-2)5-6-19-16;1-22-7-4-8-9(6-20-15(8)19-5-7)14(21)12-10(16)2-3-11(18)13(12)17;/h3-7H,1H3,(H,20,21);3-7H,1-2H3,(H,19,20);2-6H,18H2,1H3,(H,19,20);1H4. The van der Waals surface area contributed by atoms with E-state index in [0.29, 0.717) is 44.6 Å². The van der Waals surface area contributed by atoms with Crippen molar-refractivity contribution in [3.63, 3.8) is 0 Å². The van der Waals surface area contributed by atoms with Crippen molar-refractivity contribution in [1.82, 2.24) is 29.9 Å². The monoisotopic (exact) mass is 918 g/mol. The summed E-state index contributed by atoms with van der Waals surface area (Å²) in [6.07, 6.45) is 8.41. The molecule has 0 atom stereocenters. The molecule has 0 radical (unpaired) electrons. The Bertz CT molecular complexity index is 3450. The number of H-pyrrole nitrogens is 3. The molecule has 3 aromatic carbocycles. The number of pyridine rings is 3. The zero-order valence-electron chi connectivity index (χ0n) is 34.8. The van der Waals surface area contributed by atoms with Gasteiger partial charge in [-0.05, 0) is 67.4 Å². The van der Waals surface area contributed by atoms with Gasteiger partial charge in [-0.15, -0.1) is 0 Å². The molecular weight excluding hydrogens is 883 g/mol. The number of ether oxygens (including phenoxy) is 2. The number of nitrogen functional groups attached to an aromatic ring is 1. The first-order valence-corrected chi connectivity index (χ1v) is 19.2. The molecule has 67 heavy (non-hydrogen) atoms. The van der Waals surface area contributed by atoms with Crippen molar-refractivity contribution < 1.29 is 50.2 Å². The minimum atomic E-state index is -1.07. The van der Waals surface area contributed by atoms with E-state index in [4.69, 9.17) is 21.8 Å². The molecule has 0 unspecified atom stereocenters. The van der Waals surface area contributed by atoms with Crippen LogP contribution in [0.2, 0.25) is 0 Å². The Balaban J connectivity index is 0.000000165. The van der Waals surface area contributed by atoms with Crippen LogP contribution in [0.25, 0.3) is 37.9 Å². The van der Waals surface area contributed by atoms with E-state index in [0.717, 1.165) is 24.3 Å². The Hall–Kier alpha value is -8.79. The van der Waals surface area contributed by atoms with Gasteiger partial charge in [-0.1, -0.05) is 19.6 Å². The summed E-state index contributed by atoms with van der Waals surface area (Å²) in [5.74, 6) is -7.12. The maximum Gasteiger partial charge on any atom is 0.205 e. The lowest BCUT2D eigenvalue weighted by Gasteiger charge is -2.07. The zero-order chi connectivity index (χ0) is 47.6. The van der Waals surface area contributed by atoms with Crippen molar-refractivity contribution in [2.45, 2.75) is 21.3 Å². The summed E-state index contributed by atoms with van der Waals surface area (Å²) in [5, 5.41) is 1.17. The minimum absolute atomic E-state index is 0. The molecule has 9 aromatic rings. The van der Waals surface area contributed by atoms with Gasteiger partial charge in [0.15, 0.2) is 5.82 Å². The highest BCUT2D eigenvalue weighted by atomic mass is 19.2. The lowest BCUT2D eigenvalue weighted by atomic mass is 10.00. The number of halogens is 6. The van der Waals surface area contributed by atoms with Crippen LogP contribution < -0.4 is 15.2 Å². The van der Waals surface area contributed by atoms with E-state index in [2.05, 4.69) is 34.7 Å². The molecule has 0 aliphatic heterocycles. The summed E-state index contributed by atoms with van der Waals surface area (Å²) < 4.78 is 94.2. The molecule has 0 amide bonds. The lowest BCUT2D eigenvalue weighted by molar-refractivity contribution is 0.102. The number of nitrogens with one attached hydrogen (secondary N) is 3. The summed E-state index contributed by atoms with van der Waals surface area (Å²) in [5.41, 5.74) is 5.36. The van der Waals surface area contributed by atoms with E-state index in [-0.39, 0.29) is 46.6 Å². The molecule has 0 aliphatic carbocycles. The van der Waals surface area contributed by atoms with Crippen LogP contribution in [0.3, 0.4) is 0 Å². The molecule has 0 saturated carbocycles. The first kappa shape index (κ1) is 47.7. The average molecular weight is 919 g/mol. The Kier molecular flexibility index (Phi) is 13.9. The number of ketones is 3. The number of aryl methyl sites for hydroxylation is 2. The van der Waals surface area contributed by atoms with Crippen LogP contribution in [0.4, 0.5) is 37.7 Å². The molecule has 0 spiro atoms. The average Bonchev–Trinajstić information content (AvgIpc) is 4.07. The van der Waals surface area contributed by atoms with Gasteiger partial charge in [0.1, 0.15) is 57.5 Å². The van der Waals surface area contributed by atoms with Gasteiger partial charge < -0.3 is 30.2 Å². The van der Waals surface area contributed by atoms with Gasteiger partial charge >= 0.3 is 0 Å². The summed E-state index contributed by atoms with van der Waals surface area (Å²) in [7, 11) is 2.90. The number of methoxy groups -OCH3 is 2. The third-order valence-electron chi connectivity index (χ3n) is 10.2. The number of benzene rings is 3. The first-order valence-electron chi connectivity index (χ1n) is 19.2. The van der Waals surface area contributed by atoms with Crippen LogP contribution >= 0.6 is 0 Å².